The molecule has 0 aliphatic carbocycles. The molecule has 1 amide bonds. The Bertz CT molecular complexity index is 431. The van der Waals surface area contributed by atoms with Crippen LogP contribution < -0.4 is 11.1 Å². The third kappa shape index (κ3) is 4.74. The van der Waals surface area contributed by atoms with Crippen molar-refractivity contribution in [1.82, 2.24) is 15.1 Å². The Kier molecular flexibility index (Phi) is 7.51. The average Bonchev–Trinajstić information content (AvgIpc) is 2.73. The second-order valence-electron chi connectivity index (χ2n) is 4.83. The molecule has 0 radical (unpaired) electrons. The molecule has 0 aliphatic rings. The average molecular weight is 298 g/mol. The number of anilines is 1. The number of nitrogens with one attached hydrogen (secondary N) is 1. The quantitative estimate of drug-likeness (QED) is 0.687. The third-order valence-corrected chi connectivity index (χ3v) is 3.95. The number of carbonyl (C=O) groups excluding carboxylic acids is 1. The van der Waals surface area contributed by atoms with Crippen molar-refractivity contribution in [3.8, 4) is 0 Å². The van der Waals surface area contributed by atoms with Gasteiger partial charge in [0.1, 0.15) is 5.69 Å². The van der Waals surface area contributed by atoms with Crippen LogP contribution >= 0.6 is 11.8 Å². The highest BCUT2D eigenvalue weighted by Crippen LogP contribution is 2.16. The lowest BCUT2D eigenvalue weighted by Crippen LogP contribution is -2.27. The number of aromatic nitrogens is 2. The Morgan fingerprint density at radius 2 is 2.05 bits per heavy atom. The topological polar surface area (TPSA) is 72.9 Å². The van der Waals surface area contributed by atoms with Crippen LogP contribution in [0, 0.1) is 6.92 Å². The van der Waals surface area contributed by atoms with Gasteiger partial charge in [-0.3, -0.25) is 9.48 Å². The number of rotatable bonds is 9. The van der Waals surface area contributed by atoms with Crippen LogP contribution in [0.15, 0.2) is 0 Å². The minimum atomic E-state index is -0.117. The fourth-order valence-electron chi connectivity index (χ4n) is 2.07. The van der Waals surface area contributed by atoms with Gasteiger partial charge in [-0.15, -0.1) is 0 Å². The van der Waals surface area contributed by atoms with Crippen molar-refractivity contribution in [3.05, 3.63) is 11.4 Å². The summed E-state index contributed by atoms with van der Waals surface area (Å²) in [6.45, 7) is 5.12. The normalized spacial score (nSPS) is 10.8. The first-order valence-electron chi connectivity index (χ1n) is 7.21. The smallest absolute Gasteiger partial charge is 0.271 e. The Balaban J connectivity index is 2.36. The van der Waals surface area contributed by atoms with E-state index in [2.05, 4.69) is 16.7 Å². The van der Waals surface area contributed by atoms with Gasteiger partial charge >= 0.3 is 0 Å². The lowest BCUT2D eigenvalue weighted by molar-refractivity contribution is 0.0943. The Morgan fingerprint density at radius 1 is 1.35 bits per heavy atom. The van der Waals surface area contributed by atoms with Crippen LogP contribution in [0.2, 0.25) is 0 Å². The first-order valence-corrected chi connectivity index (χ1v) is 8.61. The van der Waals surface area contributed by atoms with E-state index in [0.29, 0.717) is 30.2 Å². The van der Waals surface area contributed by atoms with Crippen molar-refractivity contribution in [2.75, 3.05) is 24.3 Å². The fraction of sp³-hybridized carbons (Fsp3) is 0.714. The fourth-order valence-corrected chi connectivity index (χ4v) is 2.57. The lowest BCUT2D eigenvalue weighted by Gasteiger charge is -2.07. The molecule has 6 heteroatoms. The zero-order chi connectivity index (χ0) is 15.0. The number of amides is 1. The molecule has 0 bridgehead atoms. The van der Waals surface area contributed by atoms with Gasteiger partial charge in [-0.1, -0.05) is 12.8 Å². The van der Waals surface area contributed by atoms with Crippen molar-refractivity contribution in [3.63, 3.8) is 0 Å². The van der Waals surface area contributed by atoms with Crippen molar-refractivity contribution < 1.29 is 4.79 Å². The number of carbonyl (C=O) groups is 1. The van der Waals surface area contributed by atoms with E-state index in [1.54, 1.807) is 4.68 Å². The standard InChI is InChI=1S/C14H26N4OS/c1-4-18-13(12(15)11(2)17-18)14(19)16-9-7-5-6-8-10-20-3/h4-10,15H2,1-3H3,(H,16,19). The summed E-state index contributed by atoms with van der Waals surface area (Å²) < 4.78 is 1.67. The van der Waals surface area contributed by atoms with Crippen molar-refractivity contribution in [2.24, 2.45) is 0 Å². The zero-order valence-electron chi connectivity index (χ0n) is 12.7. The number of hydrogen-bond acceptors (Lipinski definition) is 4. The molecule has 5 nitrogen and oxygen atoms in total. The van der Waals surface area contributed by atoms with E-state index in [-0.39, 0.29) is 5.91 Å². The minimum absolute atomic E-state index is 0.117. The summed E-state index contributed by atoms with van der Waals surface area (Å²) in [5.74, 6) is 1.10. The SMILES string of the molecule is CCn1nc(C)c(N)c1C(=O)NCCCCCCSC. The number of unbranched alkanes of at least 4 members (excludes halogenated alkanes) is 3. The zero-order valence-corrected chi connectivity index (χ0v) is 13.6. The maximum atomic E-state index is 12.1. The molecule has 114 valence electrons. The van der Waals surface area contributed by atoms with Gasteiger partial charge in [-0.2, -0.15) is 16.9 Å². The van der Waals surface area contributed by atoms with E-state index in [9.17, 15) is 4.79 Å². The molecule has 0 saturated heterocycles. The molecule has 0 aliphatic heterocycles. The highest BCUT2D eigenvalue weighted by Gasteiger charge is 2.18. The molecule has 1 rings (SSSR count). The molecule has 1 aromatic heterocycles. The summed E-state index contributed by atoms with van der Waals surface area (Å²) >= 11 is 1.88. The predicted octanol–water partition coefficient (Wildman–Crippen LogP) is 2.45. The maximum absolute atomic E-state index is 12.1. The molecular weight excluding hydrogens is 272 g/mol. The summed E-state index contributed by atoms with van der Waals surface area (Å²) in [5, 5.41) is 7.19. The highest BCUT2D eigenvalue weighted by atomic mass is 32.2. The summed E-state index contributed by atoms with van der Waals surface area (Å²) in [5.41, 5.74) is 7.62. The largest absolute Gasteiger partial charge is 0.395 e. The van der Waals surface area contributed by atoms with Gasteiger partial charge in [-0.05, 0) is 38.7 Å². The number of nitrogens with two attached hydrogens (primary N) is 1. The first-order chi connectivity index (χ1) is 9.61. The van der Waals surface area contributed by atoms with E-state index in [1.807, 2.05) is 25.6 Å². The number of aryl methyl sites for hydroxylation is 2. The summed E-state index contributed by atoms with van der Waals surface area (Å²) in [7, 11) is 0. The third-order valence-electron chi connectivity index (χ3n) is 3.25. The number of hydrogen-bond donors (Lipinski definition) is 2. The van der Waals surface area contributed by atoms with Crippen LogP contribution in [0.4, 0.5) is 5.69 Å². The van der Waals surface area contributed by atoms with E-state index in [0.717, 1.165) is 12.8 Å². The second kappa shape index (κ2) is 8.89. The van der Waals surface area contributed by atoms with Crippen molar-refractivity contribution in [2.45, 2.75) is 46.1 Å². The molecule has 0 saturated carbocycles. The van der Waals surface area contributed by atoms with Gasteiger partial charge in [-0.25, -0.2) is 0 Å². The van der Waals surface area contributed by atoms with E-state index >= 15 is 0 Å². The highest BCUT2D eigenvalue weighted by molar-refractivity contribution is 7.98. The lowest BCUT2D eigenvalue weighted by atomic mass is 10.2. The molecule has 0 unspecified atom stereocenters. The number of thioether (sulfide) groups is 1. The van der Waals surface area contributed by atoms with Crippen LogP contribution in [0.1, 0.15) is 48.8 Å². The van der Waals surface area contributed by atoms with Crippen LogP contribution in [0.5, 0.6) is 0 Å². The maximum Gasteiger partial charge on any atom is 0.271 e. The molecule has 1 heterocycles. The van der Waals surface area contributed by atoms with Crippen molar-refractivity contribution >= 4 is 23.4 Å². The Labute approximate surface area is 125 Å². The molecular formula is C14H26N4OS. The van der Waals surface area contributed by atoms with Gasteiger partial charge in [0.05, 0.1) is 11.4 Å². The molecule has 1 aromatic rings. The molecule has 3 N–H and O–H groups in total. The van der Waals surface area contributed by atoms with Crippen LogP contribution in [-0.2, 0) is 6.54 Å². The predicted molar refractivity (Wildman–Crippen MR) is 86.2 cm³/mol. The molecule has 0 aromatic carbocycles. The Morgan fingerprint density at radius 3 is 2.70 bits per heavy atom. The minimum Gasteiger partial charge on any atom is -0.395 e. The van der Waals surface area contributed by atoms with Gasteiger partial charge < -0.3 is 11.1 Å². The molecule has 20 heavy (non-hydrogen) atoms. The van der Waals surface area contributed by atoms with Crippen molar-refractivity contribution in [1.29, 1.82) is 0 Å². The number of nitrogen functional groups attached to an aromatic ring is 1. The molecule has 0 fully saturated rings. The van der Waals surface area contributed by atoms with E-state index < -0.39 is 0 Å². The van der Waals surface area contributed by atoms with Gasteiger partial charge in [0, 0.05) is 13.1 Å². The molecule has 0 spiro atoms. The van der Waals surface area contributed by atoms with E-state index in [1.165, 1.54) is 18.6 Å². The monoisotopic (exact) mass is 298 g/mol. The number of nitrogens with zero attached hydrogens (tertiary/aromatic N) is 2. The van der Waals surface area contributed by atoms with Gasteiger partial charge in [0.25, 0.3) is 5.91 Å². The first kappa shape index (κ1) is 16.9. The van der Waals surface area contributed by atoms with E-state index in [4.69, 9.17) is 5.73 Å². The van der Waals surface area contributed by atoms with Crippen LogP contribution in [0.25, 0.3) is 0 Å². The van der Waals surface area contributed by atoms with Gasteiger partial charge in [0.15, 0.2) is 0 Å². The van der Waals surface area contributed by atoms with Crippen LogP contribution in [0.3, 0.4) is 0 Å². The summed E-state index contributed by atoms with van der Waals surface area (Å²) in [6.07, 6.45) is 6.78. The second-order valence-corrected chi connectivity index (χ2v) is 5.81. The summed E-state index contributed by atoms with van der Waals surface area (Å²) in [6, 6.07) is 0. The van der Waals surface area contributed by atoms with Gasteiger partial charge in [0.2, 0.25) is 0 Å². The summed E-state index contributed by atoms with van der Waals surface area (Å²) in [4.78, 5) is 12.1. The Hall–Kier alpha value is -1.17. The van der Waals surface area contributed by atoms with Crippen LogP contribution in [-0.4, -0.2) is 34.2 Å². The molecule has 0 atom stereocenters.